The van der Waals surface area contributed by atoms with Gasteiger partial charge in [-0.25, -0.2) is 9.97 Å². The van der Waals surface area contributed by atoms with Crippen LogP contribution in [0.1, 0.15) is 105 Å². The van der Waals surface area contributed by atoms with Gasteiger partial charge < -0.3 is 41.9 Å². The SMILES string of the molecule is CCC(C)[C@H](NC(=O)[C@H](Cc1cnc[nH]1)NC(=O)c1ccccc1)C(=O)NCCCCCCCNC(=O)[C@H](NC(=O)[C@@H](Cc1cnc[nH]1)NC(=O)c1ccccc1)C(C)CC. The van der Waals surface area contributed by atoms with Crippen molar-refractivity contribution in [2.24, 2.45) is 11.8 Å². The molecule has 0 aliphatic rings. The quantitative estimate of drug-likeness (QED) is 0.0433. The van der Waals surface area contributed by atoms with Gasteiger partial charge in [-0.15, -0.1) is 0 Å². The third-order valence-corrected chi connectivity index (χ3v) is 10.8. The summed E-state index contributed by atoms with van der Waals surface area (Å²) in [6.07, 6.45) is 11.9. The van der Waals surface area contributed by atoms with Crippen LogP contribution in [0.2, 0.25) is 0 Å². The van der Waals surface area contributed by atoms with Crippen molar-refractivity contribution >= 4 is 35.4 Å². The molecule has 4 aromatic rings. The first-order chi connectivity index (χ1) is 29.5. The van der Waals surface area contributed by atoms with Gasteiger partial charge in [-0.05, 0) is 48.9 Å². The van der Waals surface area contributed by atoms with Gasteiger partial charge in [-0.2, -0.15) is 0 Å². The molecule has 8 N–H and O–H groups in total. The normalized spacial score (nSPS) is 14.0. The first-order valence-electron chi connectivity index (χ1n) is 21.3. The zero-order chi connectivity index (χ0) is 44.0. The molecule has 0 fully saturated rings. The van der Waals surface area contributed by atoms with E-state index in [1.165, 1.54) is 12.7 Å². The van der Waals surface area contributed by atoms with Crippen LogP contribution in [0.4, 0.5) is 0 Å². The van der Waals surface area contributed by atoms with E-state index in [-0.39, 0.29) is 36.5 Å². The third kappa shape index (κ3) is 15.7. The van der Waals surface area contributed by atoms with Crippen molar-refractivity contribution in [3.05, 3.63) is 108 Å². The number of nitrogens with one attached hydrogen (secondary N) is 8. The topological polar surface area (TPSA) is 232 Å². The van der Waals surface area contributed by atoms with Crippen molar-refractivity contribution in [1.29, 1.82) is 0 Å². The molecule has 0 aliphatic heterocycles. The number of hydrogen-bond acceptors (Lipinski definition) is 8. The van der Waals surface area contributed by atoms with Crippen molar-refractivity contribution < 1.29 is 28.8 Å². The Bertz CT molecular complexity index is 1800. The molecule has 0 aliphatic carbocycles. The lowest BCUT2D eigenvalue weighted by atomic mass is 9.97. The fraction of sp³-hybridized carbons (Fsp3) is 0.467. The van der Waals surface area contributed by atoms with E-state index in [1.54, 1.807) is 73.1 Å². The summed E-state index contributed by atoms with van der Waals surface area (Å²) in [7, 11) is 0. The monoisotopic (exact) mass is 838 g/mol. The van der Waals surface area contributed by atoms with Gasteiger partial charge in [-0.1, -0.05) is 96.2 Å². The molecule has 2 heterocycles. The molecule has 16 heteroatoms. The van der Waals surface area contributed by atoms with E-state index < -0.39 is 47.8 Å². The van der Waals surface area contributed by atoms with Gasteiger partial charge in [0.2, 0.25) is 23.6 Å². The lowest BCUT2D eigenvalue weighted by molar-refractivity contribution is -0.131. The first kappa shape index (κ1) is 47.4. The first-order valence-corrected chi connectivity index (χ1v) is 21.3. The Labute approximate surface area is 358 Å². The summed E-state index contributed by atoms with van der Waals surface area (Å²) in [4.78, 5) is 94.0. The standard InChI is InChI=1S/C45H62N10O6/c1-5-30(3)38(54-42(58)36(24-34-26-46-28-50-34)52-40(56)32-18-12-10-13-19-32)44(60)48-22-16-8-7-9-17-23-49-45(61)39(31(4)6-2)55-43(59)37(25-35-27-47-29-51-35)53-41(57)33-20-14-11-15-21-33/h10-15,18-21,26-31,36-39H,5-9,16-17,22-25H2,1-4H3,(H,46,50)(H,47,51)(H,48,60)(H,49,61)(H,52,56)(H,53,57)(H,54,58)(H,55,59)/t30?,31?,36-,37+,38-,39+. The van der Waals surface area contributed by atoms with Gasteiger partial charge in [0, 0.05) is 60.8 Å². The molecule has 6 amide bonds. The van der Waals surface area contributed by atoms with Gasteiger partial charge in [0.15, 0.2) is 0 Å². The van der Waals surface area contributed by atoms with Gasteiger partial charge in [0.05, 0.1) is 12.7 Å². The highest BCUT2D eigenvalue weighted by atomic mass is 16.2. The third-order valence-electron chi connectivity index (χ3n) is 10.8. The Hall–Kier alpha value is -6.32. The predicted octanol–water partition coefficient (Wildman–Crippen LogP) is 3.76. The molecule has 0 saturated carbocycles. The maximum atomic E-state index is 13.6. The maximum Gasteiger partial charge on any atom is 0.251 e. The van der Waals surface area contributed by atoms with Crippen LogP contribution < -0.4 is 31.9 Å². The van der Waals surface area contributed by atoms with Crippen LogP contribution in [0.25, 0.3) is 0 Å². The fourth-order valence-electron chi connectivity index (χ4n) is 6.65. The molecule has 0 radical (unpaired) electrons. The average Bonchev–Trinajstić information content (AvgIpc) is 4.01. The predicted molar refractivity (Wildman–Crippen MR) is 232 cm³/mol. The lowest BCUT2D eigenvalue weighted by Gasteiger charge is -2.26. The number of amides is 6. The Kier molecular flexibility index (Phi) is 19.7. The van der Waals surface area contributed by atoms with Crippen LogP contribution >= 0.6 is 0 Å². The van der Waals surface area contributed by atoms with Gasteiger partial charge in [0.25, 0.3) is 11.8 Å². The van der Waals surface area contributed by atoms with Crippen molar-refractivity contribution in [3.63, 3.8) is 0 Å². The number of carbonyl (C=O) groups is 6. The highest BCUT2D eigenvalue weighted by Crippen LogP contribution is 2.13. The number of imidazole rings is 2. The van der Waals surface area contributed by atoms with E-state index >= 15 is 0 Å². The van der Waals surface area contributed by atoms with Crippen LogP contribution in [0.15, 0.2) is 85.7 Å². The molecule has 6 atom stereocenters. The molecule has 0 saturated heterocycles. The van der Waals surface area contributed by atoms with Crippen LogP contribution in [-0.4, -0.2) is 92.6 Å². The molecule has 2 aromatic heterocycles. The molecule has 16 nitrogen and oxygen atoms in total. The Morgan fingerprint density at radius 1 is 0.525 bits per heavy atom. The fourth-order valence-corrected chi connectivity index (χ4v) is 6.65. The van der Waals surface area contributed by atoms with Crippen LogP contribution in [0.5, 0.6) is 0 Å². The number of aromatic nitrogens is 4. The minimum atomic E-state index is -0.943. The van der Waals surface area contributed by atoms with Crippen LogP contribution in [-0.2, 0) is 32.0 Å². The zero-order valence-electron chi connectivity index (χ0n) is 35.7. The number of aromatic amines is 2. The number of benzene rings is 2. The maximum absolute atomic E-state index is 13.6. The summed E-state index contributed by atoms with van der Waals surface area (Å²) < 4.78 is 0. The van der Waals surface area contributed by atoms with Crippen molar-refractivity contribution in [3.8, 4) is 0 Å². The number of H-pyrrole nitrogens is 2. The second-order valence-electron chi connectivity index (χ2n) is 15.4. The smallest absolute Gasteiger partial charge is 0.251 e. The minimum absolute atomic E-state index is 0.158. The average molecular weight is 839 g/mol. The molecular weight excluding hydrogens is 777 g/mol. The van der Waals surface area contributed by atoms with Crippen LogP contribution in [0, 0.1) is 11.8 Å². The van der Waals surface area contributed by atoms with Crippen molar-refractivity contribution in [1.82, 2.24) is 51.8 Å². The number of unbranched alkanes of at least 4 members (excludes halogenated alkanes) is 4. The van der Waals surface area contributed by atoms with E-state index in [0.29, 0.717) is 48.4 Å². The van der Waals surface area contributed by atoms with E-state index in [9.17, 15) is 28.8 Å². The largest absolute Gasteiger partial charge is 0.354 e. The number of rotatable bonds is 26. The summed E-state index contributed by atoms with van der Waals surface area (Å²) in [6, 6.07) is 13.8. The summed E-state index contributed by atoms with van der Waals surface area (Å²) in [6.45, 7) is 8.58. The van der Waals surface area contributed by atoms with Gasteiger partial charge in [0.1, 0.15) is 24.2 Å². The lowest BCUT2D eigenvalue weighted by Crippen LogP contribution is -2.56. The van der Waals surface area contributed by atoms with E-state index in [4.69, 9.17) is 0 Å². The number of hydrogen-bond donors (Lipinski definition) is 8. The molecule has 328 valence electrons. The molecule has 2 aromatic carbocycles. The number of carbonyl (C=O) groups excluding carboxylic acids is 6. The summed E-state index contributed by atoms with van der Waals surface area (Å²) in [5.74, 6) is -2.61. The molecular formula is C45H62N10O6. The van der Waals surface area contributed by atoms with Crippen molar-refractivity contribution in [2.45, 2.75) is 110 Å². The Balaban J connectivity index is 1.20. The minimum Gasteiger partial charge on any atom is -0.354 e. The molecule has 0 spiro atoms. The van der Waals surface area contributed by atoms with Gasteiger partial charge in [-0.3, -0.25) is 28.8 Å². The summed E-state index contributed by atoms with van der Waals surface area (Å²) in [5, 5.41) is 17.4. The molecule has 0 bridgehead atoms. The summed E-state index contributed by atoms with van der Waals surface area (Å²) >= 11 is 0. The van der Waals surface area contributed by atoms with Crippen LogP contribution in [0.3, 0.4) is 0 Å². The van der Waals surface area contributed by atoms with Gasteiger partial charge >= 0.3 is 0 Å². The second kappa shape index (κ2) is 25.3. The van der Waals surface area contributed by atoms with E-state index in [2.05, 4.69) is 51.8 Å². The van der Waals surface area contributed by atoms with E-state index in [1.807, 2.05) is 27.7 Å². The Morgan fingerprint density at radius 2 is 0.902 bits per heavy atom. The van der Waals surface area contributed by atoms with E-state index in [0.717, 1.165) is 32.1 Å². The highest BCUT2D eigenvalue weighted by molar-refractivity contribution is 5.99. The zero-order valence-corrected chi connectivity index (χ0v) is 35.7. The Morgan fingerprint density at radius 3 is 1.25 bits per heavy atom. The second-order valence-corrected chi connectivity index (χ2v) is 15.4. The highest BCUT2D eigenvalue weighted by Gasteiger charge is 2.32. The van der Waals surface area contributed by atoms with Crippen molar-refractivity contribution in [2.75, 3.05) is 13.1 Å². The molecule has 2 unspecified atom stereocenters. The number of nitrogens with zero attached hydrogens (tertiary/aromatic N) is 2. The molecule has 61 heavy (non-hydrogen) atoms. The summed E-state index contributed by atoms with van der Waals surface area (Å²) in [5.41, 5.74) is 2.17. The molecule has 4 rings (SSSR count).